The smallest absolute Gasteiger partial charge is 0.159 e. The largest absolute Gasteiger partial charge is 0.388 e. The Bertz CT molecular complexity index is 315. The van der Waals surface area contributed by atoms with Crippen molar-refractivity contribution in [1.29, 1.82) is 0 Å². The van der Waals surface area contributed by atoms with Crippen molar-refractivity contribution in [3.05, 3.63) is 33.8 Å². The van der Waals surface area contributed by atoms with E-state index in [1.54, 1.807) is 6.92 Å². The van der Waals surface area contributed by atoms with Crippen LogP contribution in [0.25, 0.3) is 0 Å². The highest BCUT2D eigenvalue weighted by Crippen LogP contribution is 2.27. The Morgan fingerprint density at radius 3 is 2.46 bits per heavy atom. The Kier molecular flexibility index (Phi) is 3.39. The second-order valence-corrected chi connectivity index (χ2v) is 3.57. The standard InChI is InChI=1S/C9H9BrF2O/c1-2-9(13)5-3-7(11)8(12)4-6(5)10/h3-4,9,13H,2H2,1H3. The highest BCUT2D eigenvalue weighted by molar-refractivity contribution is 9.10. The molecule has 0 spiro atoms. The van der Waals surface area contributed by atoms with Gasteiger partial charge in [-0.15, -0.1) is 0 Å². The van der Waals surface area contributed by atoms with E-state index in [-0.39, 0.29) is 0 Å². The zero-order valence-corrected chi connectivity index (χ0v) is 8.61. The normalized spacial score (nSPS) is 13.0. The van der Waals surface area contributed by atoms with Gasteiger partial charge in [-0.25, -0.2) is 8.78 Å². The first-order valence-corrected chi connectivity index (χ1v) is 4.68. The van der Waals surface area contributed by atoms with Crippen molar-refractivity contribution in [2.24, 2.45) is 0 Å². The minimum atomic E-state index is -0.939. The molecule has 0 radical (unpaired) electrons. The molecule has 0 aromatic heterocycles. The maximum atomic E-state index is 12.7. The highest BCUT2D eigenvalue weighted by atomic mass is 79.9. The van der Waals surface area contributed by atoms with Crippen LogP contribution in [0.5, 0.6) is 0 Å². The summed E-state index contributed by atoms with van der Waals surface area (Å²) < 4.78 is 25.8. The van der Waals surface area contributed by atoms with E-state index < -0.39 is 17.7 Å². The lowest BCUT2D eigenvalue weighted by molar-refractivity contribution is 0.172. The molecule has 1 aromatic rings. The molecule has 0 aliphatic rings. The molecule has 1 aromatic carbocycles. The molecule has 1 nitrogen and oxygen atoms in total. The second kappa shape index (κ2) is 4.15. The molecular formula is C9H9BrF2O. The molecule has 1 unspecified atom stereocenters. The van der Waals surface area contributed by atoms with Gasteiger partial charge in [-0.05, 0) is 24.1 Å². The summed E-state index contributed by atoms with van der Waals surface area (Å²) in [6.07, 6.45) is -0.298. The van der Waals surface area contributed by atoms with Crippen LogP contribution in [-0.4, -0.2) is 5.11 Å². The maximum Gasteiger partial charge on any atom is 0.159 e. The van der Waals surface area contributed by atoms with Crippen LogP contribution in [0.15, 0.2) is 16.6 Å². The van der Waals surface area contributed by atoms with E-state index in [0.29, 0.717) is 16.5 Å². The van der Waals surface area contributed by atoms with Gasteiger partial charge in [0.05, 0.1) is 6.10 Å². The van der Waals surface area contributed by atoms with Crippen LogP contribution in [0.2, 0.25) is 0 Å². The van der Waals surface area contributed by atoms with Gasteiger partial charge in [-0.2, -0.15) is 0 Å². The zero-order valence-electron chi connectivity index (χ0n) is 7.02. The van der Waals surface area contributed by atoms with Crippen LogP contribution >= 0.6 is 15.9 Å². The third kappa shape index (κ3) is 2.25. The van der Waals surface area contributed by atoms with Gasteiger partial charge in [0.25, 0.3) is 0 Å². The van der Waals surface area contributed by atoms with Gasteiger partial charge in [0.2, 0.25) is 0 Å². The lowest BCUT2D eigenvalue weighted by Gasteiger charge is -2.10. The first-order chi connectivity index (χ1) is 6.06. The first kappa shape index (κ1) is 10.6. The quantitative estimate of drug-likeness (QED) is 0.800. The summed E-state index contributed by atoms with van der Waals surface area (Å²) in [7, 11) is 0. The van der Waals surface area contributed by atoms with Gasteiger partial charge >= 0.3 is 0 Å². The van der Waals surface area contributed by atoms with E-state index >= 15 is 0 Å². The Balaban J connectivity index is 3.15. The van der Waals surface area contributed by atoms with Crippen molar-refractivity contribution >= 4 is 15.9 Å². The molecule has 1 rings (SSSR count). The van der Waals surface area contributed by atoms with Crippen LogP contribution in [0.4, 0.5) is 8.78 Å². The molecule has 0 heterocycles. The Morgan fingerprint density at radius 2 is 1.92 bits per heavy atom. The lowest BCUT2D eigenvalue weighted by Crippen LogP contribution is -1.99. The molecule has 1 atom stereocenters. The van der Waals surface area contributed by atoms with Crippen LogP contribution in [-0.2, 0) is 0 Å². The van der Waals surface area contributed by atoms with Gasteiger partial charge in [0.1, 0.15) is 0 Å². The first-order valence-electron chi connectivity index (χ1n) is 3.88. The molecule has 13 heavy (non-hydrogen) atoms. The summed E-state index contributed by atoms with van der Waals surface area (Å²) in [4.78, 5) is 0. The Labute approximate surface area is 83.5 Å². The molecule has 0 saturated heterocycles. The fraction of sp³-hybridized carbons (Fsp3) is 0.333. The molecule has 72 valence electrons. The number of hydrogen-bond acceptors (Lipinski definition) is 1. The van der Waals surface area contributed by atoms with Gasteiger partial charge in [0, 0.05) is 4.47 Å². The number of benzene rings is 1. The van der Waals surface area contributed by atoms with Gasteiger partial charge in [-0.1, -0.05) is 22.9 Å². The van der Waals surface area contributed by atoms with Crippen molar-refractivity contribution in [1.82, 2.24) is 0 Å². The van der Waals surface area contributed by atoms with Crippen LogP contribution in [0, 0.1) is 11.6 Å². The van der Waals surface area contributed by atoms with Crippen molar-refractivity contribution in [2.45, 2.75) is 19.4 Å². The number of aliphatic hydroxyl groups is 1. The number of halogens is 3. The van der Waals surface area contributed by atoms with E-state index in [1.165, 1.54) is 0 Å². The summed E-state index contributed by atoms with van der Waals surface area (Å²) in [5.41, 5.74) is 0.376. The van der Waals surface area contributed by atoms with E-state index in [2.05, 4.69) is 15.9 Å². The molecular weight excluding hydrogens is 242 g/mol. The topological polar surface area (TPSA) is 20.2 Å². The monoisotopic (exact) mass is 250 g/mol. The summed E-state index contributed by atoms with van der Waals surface area (Å²) in [5, 5.41) is 9.41. The third-order valence-corrected chi connectivity index (χ3v) is 2.47. The van der Waals surface area contributed by atoms with Crippen LogP contribution in [0.3, 0.4) is 0 Å². The molecule has 0 amide bonds. The van der Waals surface area contributed by atoms with Gasteiger partial charge in [-0.3, -0.25) is 0 Å². The summed E-state index contributed by atoms with van der Waals surface area (Å²) in [5.74, 6) is -1.86. The minimum Gasteiger partial charge on any atom is -0.388 e. The van der Waals surface area contributed by atoms with E-state index in [0.717, 1.165) is 12.1 Å². The van der Waals surface area contributed by atoms with E-state index in [4.69, 9.17) is 0 Å². The summed E-state index contributed by atoms with van der Waals surface area (Å²) in [6, 6.07) is 2.02. The fourth-order valence-electron chi connectivity index (χ4n) is 1.01. The summed E-state index contributed by atoms with van der Waals surface area (Å²) >= 11 is 3.06. The van der Waals surface area contributed by atoms with Crippen molar-refractivity contribution < 1.29 is 13.9 Å². The van der Waals surface area contributed by atoms with Crippen molar-refractivity contribution in [3.63, 3.8) is 0 Å². The van der Waals surface area contributed by atoms with Gasteiger partial charge in [0.15, 0.2) is 11.6 Å². The minimum absolute atomic E-state index is 0.376. The zero-order chi connectivity index (χ0) is 10.0. The highest BCUT2D eigenvalue weighted by Gasteiger charge is 2.13. The SMILES string of the molecule is CCC(O)c1cc(F)c(F)cc1Br. The van der Waals surface area contributed by atoms with E-state index in [9.17, 15) is 13.9 Å². The third-order valence-electron chi connectivity index (χ3n) is 1.79. The van der Waals surface area contributed by atoms with Crippen molar-refractivity contribution in [3.8, 4) is 0 Å². The predicted octanol–water partition coefficient (Wildman–Crippen LogP) is 3.17. The second-order valence-electron chi connectivity index (χ2n) is 2.71. The lowest BCUT2D eigenvalue weighted by atomic mass is 10.1. The summed E-state index contributed by atoms with van der Waals surface area (Å²) in [6.45, 7) is 1.76. The number of rotatable bonds is 2. The predicted molar refractivity (Wildman–Crippen MR) is 49.3 cm³/mol. The molecule has 0 aliphatic heterocycles. The fourth-order valence-corrected chi connectivity index (χ4v) is 1.59. The van der Waals surface area contributed by atoms with Crippen molar-refractivity contribution in [2.75, 3.05) is 0 Å². The number of hydrogen-bond donors (Lipinski definition) is 1. The van der Waals surface area contributed by atoms with Gasteiger partial charge < -0.3 is 5.11 Å². The maximum absolute atomic E-state index is 12.7. The Morgan fingerprint density at radius 1 is 1.38 bits per heavy atom. The van der Waals surface area contributed by atoms with Crippen LogP contribution in [0.1, 0.15) is 25.0 Å². The van der Waals surface area contributed by atoms with E-state index in [1.807, 2.05) is 0 Å². The molecule has 0 saturated carbocycles. The molecule has 0 bridgehead atoms. The Hall–Kier alpha value is -0.480. The average molecular weight is 251 g/mol. The molecule has 0 aliphatic carbocycles. The molecule has 1 N–H and O–H groups in total. The molecule has 0 fully saturated rings. The number of aliphatic hydroxyl groups excluding tert-OH is 1. The van der Waals surface area contributed by atoms with Crippen LogP contribution < -0.4 is 0 Å². The average Bonchev–Trinajstić information content (AvgIpc) is 2.10. The molecule has 4 heteroatoms.